The van der Waals surface area contributed by atoms with Crippen LogP contribution in [-0.2, 0) is 16.1 Å². The molecule has 1 fully saturated rings. The predicted octanol–water partition coefficient (Wildman–Crippen LogP) is 0.607. The summed E-state index contributed by atoms with van der Waals surface area (Å²) in [6, 6.07) is 3.50. The second kappa shape index (κ2) is 14.9. The second-order valence-corrected chi connectivity index (χ2v) is 11.1. The van der Waals surface area contributed by atoms with E-state index in [4.69, 9.17) is 36.6 Å². The fourth-order valence-corrected chi connectivity index (χ4v) is 5.21. The number of halogens is 4. The molecule has 16 nitrogen and oxygen atoms in total. The van der Waals surface area contributed by atoms with E-state index in [1.54, 1.807) is 15.5 Å². The number of aromatic nitrogens is 5. The normalized spacial score (nSPS) is 18.0. The fourth-order valence-electron chi connectivity index (χ4n) is 5.21. The number of pyridine rings is 1. The van der Waals surface area contributed by atoms with Crippen LogP contribution in [0.5, 0.6) is 5.75 Å². The van der Waals surface area contributed by atoms with Crippen LogP contribution in [0, 0.1) is 11.6 Å². The number of hydrogen-bond donors (Lipinski definition) is 7. The number of ether oxygens (including phenoxy) is 1. The maximum atomic E-state index is 14.9. The fraction of sp³-hybridized carbons (Fsp3) is 0.379. The van der Waals surface area contributed by atoms with Gasteiger partial charge in [0.1, 0.15) is 23.8 Å². The second-order valence-electron chi connectivity index (χ2n) is 11.1. The first-order valence-corrected chi connectivity index (χ1v) is 14.3. The molecule has 0 saturated carbocycles. The number of imidazole rings is 1. The van der Waals surface area contributed by atoms with Crippen LogP contribution in [0.15, 0.2) is 37.1 Å². The SMILES string of the molecule is COc1cc(F)c(-c2cc(Cn3cnc4c(N)ncnc43)c(N3CCC[C@](N)(C(O)C(F)F)C3)cn2)cc1F.O=C(O)C(O)C(O)C(=O)O. The van der Waals surface area contributed by atoms with E-state index in [1.807, 2.05) is 0 Å². The molecule has 4 atom stereocenters. The van der Waals surface area contributed by atoms with E-state index < -0.39 is 53.8 Å². The highest BCUT2D eigenvalue weighted by molar-refractivity contribution is 5.83. The van der Waals surface area contributed by atoms with Crippen LogP contribution in [0.2, 0.25) is 0 Å². The van der Waals surface area contributed by atoms with Crippen molar-refractivity contribution in [3.8, 4) is 17.0 Å². The van der Waals surface area contributed by atoms with Crippen molar-refractivity contribution in [1.82, 2.24) is 24.5 Å². The number of piperidine rings is 1. The summed E-state index contributed by atoms with van der Waals surface area (Å²) in [5.74, 6) is -5.11. The zero-order valence-corrected chi connectivity index (χ0v) is 25.6. The number of fused-ring (bicyclic) bond motifs is 1. The average molecular weight is 697 g/mol. The van der Waals surface area contributed by atoms with Gasteiger partial charge in [0.15, 0.2) is 35.2 Å². The Morgan fingerprint density at radius 3 is 2.31 bits per heavy atom. The largest absolute Gasteiger partial charge is 0.494 e. The zero-order valence-electron chi connectivity index (χ0n) is 25.6. The van der Waals surface area contributed by atoms with Gasteiger partial charge in [0.25, 0.3) is 6.43 Å². The lowest BCUT2D eigenvalue weighted by molar-refractivity contribution is -0.165. The number of nitrogens with two attached hydrogens (primary N) is 2. The number of aliphatic carboxylic acids is 2. The molecule has 5 rings (SSSR count). The van der Waals surface area contributed by atoms with Crippen molar-refractivity contribution >= 4 is 34.6 Å². The van der Waals surface area contributed by atoms with Gasteiger partial charge in [-0.2, -0.15) is 0 Å². The topological polar surface area (TPSA) is 256 Å². The van der Waals surface area contributed by atoms with Crippen LogP contribution in [0.1, 0.15) is 18.4 Å². The quantitative estimate of drug-likeness (QED) is 0.112. The van der Waals surface area contributed by atoms with Crippen molar-refractivity contribution in [2.24, 2.45) is 5.73 Å². The van der Waals surface area contributed by atoms with Gasteiger partial charge >= 0.3 is 11.9 Å². The smallest absolute Gasteiger partial charge is 0.335 e. The van der Waals surface area contributed by atoms with Crippen LogP contribution in [0.3, 0.4) is 0 Å². The summed E-state index contributed by atoms with van der Waals surface area (Å²) in [5, 5.41) is 42.7. The summed E-state index contributed by atoms with van der Waals surface area (Å²) in [4.78, 5) is 38.1. The van der Waals surface area contributed by atoms with Crippen molar-refractivity contribution < 1.29 is 57.4 Å². The minimum absolute atomic E-state index is 0.0716. The number of carboxylic acid groups (broad SMARTS) is 2. The third kappa shape index (κ3) is 7.94. The molecule has 0 spiro atoms. The number of alkyl halides is 2. The first-order chi connectivity index (χ1) is 23.1. The molecule has 1 saturated heterocycles. The van der Waals surface area contributed by atoms with Gasteiger partial charge in [-0.25, -0.2) is 42.1 Å². The van der Waals surface area contributed by atoms with Gasteiger partial charge in [0.05, 0.1) is 43.1 Å². The molecular formula is C29H32F4N8O8. The predicted molar refractivity (Wildman–Crippen MR) is 163 cm³/mol. The number of carbonyl (C=O) groups is 2. The summed E-state index contributed by atoms with van der Waals surface area (Å²) in [7, 11) is 1.23. The molecule has 0 amide bonds. The summed E-state index contributed by atoms with van der Waals surface area (Å²) in [6.45, 7) is 0.523. The molecule has 0 aliphatic carbocycles. The van der Waals surface area contributed by atoms with Crippen LogP contribution < -0.4 is 21.1 Å². The van der Waals surface area contributed by atoms with E-state index in [1.165, 1.54) is 26.0 Å². The minimum atomic E-state index is -3.01. The van der Waals surface area contributed by atoms with Crippen molar-refractivity contribution in [1.29, 1.82) is 0 Å². The third-order valence-corrected chi connectivity index (χ3v) is 7.78. The van der Waals surface area contributed by atoms with Gasteiger partial charge in [-0.1, -0.05) is 0 Å². The highest BCUT2D eigenvalue weighted by atomic mass is 19.3. The molecule has 20 heteroatoms. The molecule has 1 aliphatic heterocycles. The molecule has 4 aromatic rings. The van der Waals surface area contributed by atoms with Crippen LogP contribution in [-0.4, -0.2) is 112 Å². The lowest BCUT2D eigenvalue weighted by Gasteiger charge is -2.44. The number of rotatable bonds is 10. The van der Waals surface area contributed by atoms with Crippen molar-refractivity contribution in [3.63, 3.8) is 0 Å². The molecule has 3 unspecified atom stereocenters. The Balaban J connectivity index is 0.000000471. The number of methoxy groups -OCH3 is 1. The van der Waals surface area contributed by atoms with Gasteiger partial charge in [-0.15, -0.1) is 0 Å². The Hall–Kier alpha value is -5.18. The molecule has 1 aliphatic rings. The molecule has 1 aromatic carbocycles. The standard InChI is InChI=1S/C25H26F4N8O2.C4H6O6/c1-39-19-7-15(26)14(6-16(19)27)17-5-13(9-37-12-35-20-23(30)33-11-34-24(20)37)18(8-32-17)36-4-2-3-25(31,10-36)21(38)22(28)29;5-1(3(7)8)2(6)4(9)10/h5-8,11-12,21-22,38H,2-4,9-10,31H2,1H3,(H2,30,33,34);1-2,5-6H,(H,7,8)(H,9,10)/t21?,25-;/m1./s1. The third-order valence-electron chi connectivity index (χ3n) is 7.78. The highest BCUT2D eigenvalue weighted by Crippen LogP contribution is 2.35. The average Bonchev–Trinajstić information content (AvgIpc) is 3.48. The first-order valence-electron chi connectivity index (χ1n) is 14.3. The molecule has 9 N–H and O–H groups in total. The summed E-state index contributed by atoms with van der Waals surface area (Å²) >= 11 is 0. The number of carboxylic acids is 2. The molecule has 4 heterocycles. The Bertz CT molecular complexity index is 1810. The Morgan fingerprint density at radius 1 is 1.02 bits per heavy atom. The number of anilines is 2. The van der Waals surface area contributed by atoms with E-state index in [0.717, 1.165) is 12.1 Å². The number of nitrogens with zero attached hydrogens (tertiary/aromatic N) is 6. The van der Waals surface area contributed by atoms with E-state index in [9.17, 15) is 32.3 Å². The Morgan fingerprint density at radius 2 is 1.69 bits per heavy atom. The Kier molecular flexibility index (Phi) is 11.2. The van der Waals surface area contributed by atoms with E-state index in [2.05, 4.69) is 19.9 Å². The minimum Gasteiger partial charge on any atom is -0.494 e. The maximum Gasteiger partial charge on any atom is 0.335 e. The van der Waals surface area contributed by atoms with Crippen molar-refractivity contribution in [3.05, 3.63) is 54.2 Å². The van der Waals surface area contributed by atoms with Crippen molar-refractivity contribution in [2.45, 2.75) is 49.7 Å². The molecule has 49 heavy (non-hydrogen) atoms. The van der Waals surface area contributed by atoms with Crippen LogP contribution in [0.25, 0.3) is 22.4 Å². The Labute approximate surface area is 274 Å². The number of aliphatic hydroxyl groups is 3. The van der Waals surface area contributed by atoms with Gasteiger partial charge < -0.3 is 51.2 Å². The van der Waals surface area contributed by atoms with Crippen LogP contribution >= 0.6 is 0 Å². The first kappa shape index (κ1) is 36.7. The zero-order chi connectivity index (χ0) is 36.2. The van der Waals surface area contributed by atoms with E-state index >= 15 is 0 Å². The molecule has 264 valence electrons. The number of aliphatic hydroxyl groups excluding tert-OH is 3. The van der Waals surface area contributed by atoms with Gasteiger partial charge in [-0.3, -0.25) is 4.98 Å². The lowest BCUT2D eigenvalue weighted by atomic mass is 9.84. The summed E-state index contributed by atoms with van der Waals surface area (Å²) < 4.78 is 62.7. The van der Waals surface area contributed by atoms with Crippen molar-refractivity contribution in [2.75, 3.05) is 30.8 Å². The van der Waals surface area contributed by atoms with Gasteiger partial charge in [-0.05, 0) is 30.5 Å². The number of nitrogen functional groups attached to an aromatic ring is 1. The molecular weight excluding hydrogens is 664 g/mol. The monoisotopic (exact) mass is 696 g/mol. The van der Waals surface area contributed by atoms with Crippen LogP contribution in [0.4, 0.5) is 29.1 Å². The van der Waals surface area contributed by atoms with E-state index in [-0.39, 0.29) is 42.3 Å². The van der Waals surface area contributed by atoms with Gasteiger partial charge in [0, 0.05) is 24.7 Å². The molecule has 0 bridgehead atoms. The molecule has 0 radical (unpaired) electrons. The maximum absolute atomic E-state index is 14.9. The lowest BCUT2D eigenvalue weighted by Crippen LogP contribution is -2.63. The summed E-state index contributed by atoms with van der Waals surface area (Å²) in [5.41, 5.74) is 12.6. The highest BCUT2D eigenvalue weighted by Gasteiger charge is 2.43. The van der Waals surface area contributed by atoms with Gasteiger partial charge in [0.2, 0.25) is 0 Å². The number of benzene rings is 1. The van der Waals surface area contributed by atoms with E-state index in [0.29, 0.717) is 35.4 Å². The molecule has 3 aromatic heterocycles. The number of hydrogen-bond acceptors (Lipinski definition) is 13. The summed E-state index contributed by atoms with van der Waals surface area (Å²) in [6.07, 6.45) is -4.66.